The molecule has 5 heteroatoms. The Kier molecular flexibility index (Phi) is 4.75. The zero-order chi connectivity index (χ0) is 13.5. The van der Waals surface area contributed by atoms with Crippen molar-refractivity contribution in [1.82, 2.24) is 10.3 Å². The van der Waals surface area contributed by atoms with Crippen LogP contribution in [0.25, 0.3) is 0 Å². The molecule has 0 saturated carbocycles. The number of nitrogens with one attached hydrogen (secondary N) is 2. The number of aromatic nitrogens is 1. The quantitative estimate of drug-likeness (QED) is 0.843. The van der Waals surface area contributed by atoms with Crippen LogP contribution < -0.4 is 10.6 Å². The first-order valence-corrected chi connectivity index (χ1v) is 6.33. The molecule has 0 atom stereocenters. The van der Waals surface area contributed by atoms with Crippen molar-refractivity contribution in [1.29, 1.82) is 0 Å². The summed E-state index contributed by atoms with van der Waals surface area (Å²) in [6, 6.07) is 13.1. The van der Waals surface area contributed by atoms with Crippen LogP contribution in [0.4, 0.5) is 10.5 Å². The van der Waals surface area contributed by atoms with E-state index in [1.54, 1.807) is 18.3 Å². The maximum Gasteiger partial charge on any atom is 0.319 e. The first-order valence-electron chi connectivity index (χ1n) is 5.95. The predicted octanol–water partition coefficient (Wildman–Crippen LogP) is 3.10. The number of halogens is 1. The van der Waals surface area contributed by atoms with Gasteiger partial charge in [0.05, 0.1) is 5.69 Å². The number of anilines is 1. The van der Waals surface area contributed by atoms with Crippen molar-refractivity contribution in [3.8, 4) is 0 Å². The van der Waals surface area contributed by atoms with Gasteiger partial charge >= 0.3 is 6.03 Å². The van der Waals surface area contributed by atoms with Gasteiger partial charge in [-0.1, -0.05) is 41.9 Å². The summed E-state index contributed by atoms with van der Waals surface area (Å²) >= 11 is 5.84. The lowest BCUT2D eigenvalue weighted by molar-refractivity contribution is 0.252. The average molecular weight is 276 g/mol. The van der Waals surface area contributed by atoms with Crippen molar-refractivity contribution in [3.05, 3.63) is 59.4 Å². The third-order valence-electron chi connectivity index (χ3n) is 2.55. The fourth-order valence-electron chi connectivity index (χ4n) is 1.61. The van der Waals surface area contributed by atoms with Gasteiger partial charge < -0.3 is 10.6 Å². The van der Waals surface area contributed by atoms with Crippen molar-refractivity contribution in [2.75, 3.05) is 11.9 Å². The molecular weight excluding hydrogens is 262 g/mol. The summed E-state index contributed by atoms with van der Waals surface area (Å²) in [6.07, 6.45) is 2.36. The van der Waals surface area contributed by atoms with Crippen molar-refractivity contribution in [3.63, 3.8) is 0 Å². The van der Waals surface area contributed by atoms with Crippen LogP contribution in [-0.2, 0) is 6.42 Å². The third kappa shape index (κ3) is 4.26. The summed E-state index contributed by atoms with van der Waals surface area (Å²) in [7, 11) is 0. The highest BCUT2D eigenvalue weighted by atomic mass is 35.5. The Bertz CT molecular complexity index is 545. The molecule has 98 valence electrons. The lowest BCUT2D eigenvalue weighted by Gasteiger charge is -2.08. The zero-order valence-electron chi connectivity index (χ0n) is 10.3. The molecule has 0 bridgehead atoms. The predicted molar refractivity (Wildman–Crippen MR) is 76.4 cm³/mol. The minimum atomic E-state index is -0.286. The minimum Gasteiger partial charge on any atom is -0.338 e. The normalized spacial score (nSPS) is 9.95. The molecule has 0 aliphatic rings. The third-order valence-corrected chi connectivity index (χ3v) is 2.85. The maximum absolute atomic E-state index is 11.6. The van der Waals surface area contributed by atoms with Gasteiger partial charge in [-0.25, -0.2) is 9.78 Å². The van der Waals surface area contributed by atoms with Crippen LogP contribution in [-0.4, -0.2) is 17.6 Å². The summed E-state index contributed by atoms with van der Waals surface area (Å²) in [6.45, 7) is 0.563. The largest absolute Gasteiger partial charge is 0.338 e. The summed E-state index contributed by atoms with van der Waals surface area (Å²) in [5.41, 5.74) is 1.68. The van der Waals surface area contributed by atoms with E-state index in [1.165, 1.54) is 5.56 Å². The Hall–Kier alpha value is -2.07. The van der Waals surface area contributed by atoms with Gasteiger partial charge in [-0.05, 0) is 24.1 Å². The highest BCUT2D eigenvalue weighted by Crippen LogP contribution is 2.16. The topological polar surface area (TPSA) is 54.0 Å². The highest BCUT2D eigenvalue weighted by Gasteiger charge is 2.04. The molecule has 1 heterocycles. The van der Waals surface area contributed by atoms with Crippen molar-refractivity contribution < 1.29 is 4.79 Å². The Morgan fingerprint density at radius 2 is 1.95 bits per heavy atom. The van der Waals surface area contributed by atoms with Crippen molar-refractivity contribution in [2.45, 2.75) is 6.42 Å². The molecular formula is C14H14ClN3O. The summed E-state index contributed by atoms with van der Waals surface area (Å²) in [5, 5.41) is 5.70. The molecule has 19 heavy (non-hydrogen) atoms. The first-order chi connectivity index (χ1) is 9.25. The van der Waals surface area contributed by atoms with Crippen LogP contribution in [0.5, 0.6) is 0 Å². The van der Waals surface area contributed by atoms with Gasteiger partial charge in [-0.15, -0.1) is 0 Å². The number of carbonyl (C=O) groups excluding carboxylic acids is 1. The molecule has 2 amide bonds. The average Bonchev–Trinajstić information content (AvgIpc) is 2.43. The van der Waals surface area contributed by atoms with E-state index in [-0.39, 0.29) is 11.2 Å². The highest BCUT2D eigenvalue weighted by molar-refractivity contribution is 6.32. The second-order valence-electron chi connectivity index (χ2n) is 3.96. The van der Waals surface area contributed by atoms with Gasteiger partial charge in [0.2, 0.25) is 0 Å². The van der Waals surface area contributed by atoms with E-state index in [0.717, 1.165) is 6.42 Å². The fraction of sp³-hybridized carbons (Fsp3) is 0.143. The molecule has 4 nitrogen and oxygen atoms in total. The van der Waals surface area contributed by atoms with Gasteiger partial charge in [0.15, 0.2) is 5.15 Å². The molecule has 2 N–H and O–H groups in total. The molecule has 0 spiro atoms. The molecule has 0 aliphatic carbocycles. The number of hydrogen-bond donors (Lipinski definition) is 2. The standard InChI is InChI=1S/C14H14ClN3O/c15-13-12(7-4-9-16-13)18-14(19)17-10-8-11-5-2-1-3-6-11/h1-7,9H,8,10H2,(H2,17,18,19). The van der Waals surface area contributed by atoms with Crippen LogP contribution in [0, 0.1) is 0 Å². The van der Waals surface area contributed by atoms with Gasteiger partial charge in [0, 0.05) is 12.7 Å². The van der Waals surface area contributed by atoms with Crippen LogP contribution in [0.15, 0.2) is 48.7 Å². The van der Waals surface area contributed by atoms with Gasteiger partial charge in [-0.2, -0.15) is 0 Å². The van der Waals surface area contributed by atoms with E-state index in [9.17, 15) is 4.79 Å². The number of nitrogens with zero attached hydrogens (tertiary/aromatic N) is 1. The first kappa shape index (κ1) is 13.4. The SMILES string of the molecule is O=C(NCCc1ccccc1)Nc1cccnc1Cl. The van der Waals surface area contributed by atoms with Gasteiger partial charge in [-0.3, -0.25) is 0 Å². The fourth-order valence-corrected chi connectivity index (χ4v) is 1.78. The van der Waals surface area contributed by atoms with E-state index < -0.39 is 0 Å². The second kappa shape index (κ2) is 6.75. The Labute approximate surface area is 116 Å². The summed E-state index contributed by atoms with van der Waals surface area (Å²) < 4.78 is 0. The smallest absolute Gasteiger partial charge is 0.319 e. The van der Waals surface area contributed by atoms with Crippen molar-refractivity contribution in [2.24, 2.45) is 0 Å². The number of amides is 2. The monoisotopic (exact) mass is 275 g/mol. The van der Waals surface area contributed by atoms with Crippen LogP contribution >= 0.6 is 11.6 Å². The van der Waals surface area contributed by atoms with Crippen molar-refractivity contribution >= 4 is 23.3 Å². The second-order valence-corrected chi connectivity index (χ2v) is 4.32. The van der Waals surface area contributed by atoms with E-state index in [1.807, 2.05) is 30.3 Å². The number of urea groups is 1. The minimum absolute atomic E-state index is 0.278. The molecule has 1 aromatic heterocycles. The molecule has 0 radical (unpaired) electrons. The van der Waals surface area contributed by atoms with Gasteiger partial charge in [0.25, 0.3) is 0 Å². The summed E-state index contributed by atoms with van der Waals surface area (Å²) in [5.74, 6) is 0. The van der Waals surface area contributed by atoms with E-state index in [0.29, 0.717) is 12.2 Å². The Morgan fingerprint density at radius 3 is 2.68 bits per heavy atom. The number of carbonyl (C=O) groups is 1. The lowest BCUT2D eigenvalue weighted by Crippen LogP contribution is -2.30. The number of pyridine rings is 1. The number of rotatable bonds is 4. The van der Waals surface area contributed by atoms with E-state index in [4.69, 9.17) is 11.6 Å². The van der Waals surface area contributed by atoms with E-state index in [2.05, 4.69) is 15.6 Å². The van der Waals surface area contributed by atoms with Gasteiger partial charge in [0.1, 0.15) is 0 Å². The molecule has 0 fully saturated rings. The van der Waals surface area contributed by atoms with Crippen LogP contribution in [0.1, 0.15) is 5.56 Å². The van der Waals surface area contributed by atoms with Crippen LogP contribution in [0.2, 0.25) is 5.15 Å². The molecule has 2 rings (SSSR count). The number of hydrogen-bond acceptors (Lipinski definition) is 2. The lowest BCUT2D eigenvalue weighted by atomic mass is 10.1. The Balaban J connectivity index is 1.78. The zero-order valence-corrected chi connectivity index (χ0v) is 11.0. The molecule has 1 aromatic carbocycles. The maximum atomic E-state index is 11.6. The summed E-state index contributed by atoms with van der Waals surface area (Å²) in [4.78, 5) is 15.5. The number of benzene rings is 1. The molecule has 0 aliphatic heterocycles. The van der Waals surface area contributed by atoms with Crippen LogP contribution in [0.3, 0.4) is 0 Å². The molecule has 2 aromatic rings. The van der Waals surface area contributed by atoms with E-state index >= 15 is 0 Å². The molecule has 0 saturated heterocycles. The molecule has 0 unspecified atom stereocenters. The Morgan fingerprint density at radius 1 is 1.16 bits per heavy atom.